The first kappa shape index (κ1) is 21.0. The third-order valence-corrected chi connectivity index (χ3v) is 10.9. The van der Waals surface area contributed by atoms with E-state index in [0.717, 1.165) is 37.0 Å². The van der Waals surface area contributed by atoms with E-state index in [2.05, 4.69) is 24.3 Å². The SMILES string of the molecule is FCCCCc1ccc(C2CCC(C3CC[SiH](CCCF)CC3)CC2)cc1. The molecule has 27 heavy (non-hydrogen) atoms. The zero-order valence-electron chi connectivity index (χ0n) is 17.0. The fraction of sp³-hybridized carbons (Fsp3) is 0.750. The van der Waals surface area contributed by atoms with Gasteiger partial charge in [-0.2, -0.15) is 0 Å². The maximum atomic E-state index is 12.4. The summed E-state index contributed by atoms with van der Waals surface area (Å²) in [7, 11) is -0.575. The molecule has 152 valence electrons. The first-order valence-electron chi connectivity index (χ1n) is 11.5. The predicted octanol–water partition coefficient (Wildman–Crippen LogP) is 7.25. The van der Waals surface area contributed by atoms with Gasteiger partial charge in [0.1, 0.15) is 0 Å². The molecule has 1 heterocycles. The highest BCUT2D eigenvalue weighted by molar-refractivity contribution is 6.58. The van der Waals surface area contributed by atoms with Gasteiger partial charge >= 0.3 is 0 Å². The molecule has 1 aliphatic carbocycles. The Labute approximate surface area is 166 Å². The van der Waals surface area contributed by atoms with Gasteiger partial charge in [0.25, 0.3) is 0 Å². The van der Waals surface area contributed by atoms with Crippen LogP contribution in [0.1, 0.15) is 74.8 Å². The van der Waals surface area contributed by atoms with Crippen molar-refractivity contribution in [2.75, 3.05) is 13.3 Å². The van der Waals surface area contributed by atoms with Crippen molar-refractivity contribution in [3.63, 3.8) is 0 Å². The number of rotatable bonds is 9. The lowest BCUT2D eigenvalue weighted by Gasteiger charge is -2.37. The fourth-order valence-corrected chi connectivity index (χ4v) is 9.01. The summed E-state index contributed by atoms with van der Waals surface area (Å²) >= 11 is 0. The number of aryl methyl sites for hydroxylation is 1. The van der Waals surface area contributed by atoms with Gasteiger partial charge in [-0.15, -0.1) is 0 Å². The van der Waals surface area contributed by atoms with Crippen LogP contribution in [0.2, 0.25) is 18.1 Å². The van der Waals surface area contributed by atoms with E-state index in [1.165, 1.54) is 67.8 Å². The van der Waals surface area contributed by atoms with Gasteiger partial charge in [0.2, 0.25) is 0 Å². The molecule has 0 N–H and O–H groups in total. The average Bonchev–Trinajstić information content (AvgIpc) is 2.73. The van der Waals surface area contributed by atoms with Crippen LogP contribution < -0.4 is 0 Å². The van der Waals surface area contributed by atoms with Crippen LogP contribution >= 0.6 is 0 Å². The zero-order chi connectivity index (χ0) is 18.9. The molecule has 1 aliphatic heterocycles. The van der Waals surface area contributed by atoms with Gasteiger partial charge in [0.05, 0.1) is 13.3 Å². The topological polar surface area (TPSA) is 0 Å². The summed E-state index contributed by atoms with van der Waals surface area (Å²) in [6, 6.07) is 13.4. The van der Waals surface area contributed by atoms with Crippen LogP contribution in [0.5, 0.6) is 0 Å². The molecule has 3 rings (SSSR count). The molecule has 0 radical (unpaired) electrons. The van der Waals surface area contributed by atoms with Gasteiger partial charge in [-0.25, -0.2) is 0 Å². The second kappa shape index (κ2) is 11.3. The maximum absolute atomic E-state index is 12.4. The quantitative estimate of drug-likeness (QED) is 0.307. The second-order valence-corrected chi connectivity index (χ2v) is 12.6. The Morgan fingerprint density at radius 1 is 0.741 bits per heavy atom. The molecule has 0 aromatic heterocycles. The summed E-state index contributed by atoms with van der Waals surface area (Å²) in [5.74, 6) is 2.67. The zero-order valence-corrected chi connectivity index (χ0v) is 18.1. The summed E-state index contributed by atoms with van der Waals surface area (Å²) in [6.07, 6.45) is 11.9. The summed E-state index contributed by atoms with van der Waals surface area (Å²) < 4.78 is 24.6. The largest absolute Gasteiger partial charge is 0.251 e. The van der Waals surface area contributed by atoms with Gasteiger partial charge < -0.3 is 0 Å². The second-order valence-electron chi connectivity index (χ2n) is 9.11. The molecule has 0 amide bonds. The van der Waals surface area contributed by atoms with Gasteiger partial charge in [-0.1, -0.05) is 55.2 Å². The molecule has 1 aromatic rings. The summed E-state index contributed by atoms with van der Waals surface area (Å²) in [5, 5.41) is 0. The van der Waals surface area contributed by atoms with Crippen LogP contribution in [-0.4, -0.2) is 22.1 Å². The van der Waals surface area contributed by atoms with E-state index in [0.29, 0.717) is 6.42 Å². The molecule has 1 saturated heterocycles. The molecule has 3 heteroatoms. The van der Waals surface area contributed by atoms with E-state index in [9.17, 15) is 8.78 Å². The Balaban J connectivity index is 1.40. The summed E-state index contributed by atoms with van der Waals surface area (Å²) in [4.78, 5) is 0. The Morgan fingerprint density at radius 2 is 1.37 bits per heavy atom. The minimum Gasteiger partial charge on any atom is -0.251 e. The minimum atomic E-state index is -0.575. The smallest absolute Gasteiger partial charge is 0.0894 e. The Kier molecular flexibility index (Phi) is 8.82. The average molecular weight is 393 g/mol. The maximum Gasteiger partial charge on any atom is 0.0894 e. The highest BCUT2D eigenvalue weighted by atomic mass is 28.3. The predicted molar refractivity (Wildman–Crippen MR) is 115 cm³/mol. The van der Waals surface area contributed by atoms with Crippen LogP contribution in [0.15, 0.2) is 24.3 Å². The third-order valence-electron chi connectivity index (χ3n) is 7.38. The van der Waals surface area contributed by atoms with Gasteiger partial charge in [0.15, 0.2) is 0 Å². The van der Waals surface area contributed by atoms with Gasteiger partial charge in [0, 0.05) is 8.80 Å². The van der Waals surface area contributed by atoms with Crippen LogP contribution in [0.25, 0.3) is 0 Å². The van der Waals surface area contributed by atoms with E-state index in [4.69, 9.17) is 0 Å². The van der Waals surface area contributed by atoms with Gasteiger partial charge in [-0.05, 0) is 80.2 Å². The van der Waals surface area contributed by atoms with Crippen LogP contribution in [0.4, 0.5) is 8.78 Å². The Morgan fingerprint density at radius 3 is 2.00 bits per heavy atom. The van der Waals surface area contributed by atoms with E-state index in [1.54, 1.807) is 0 Å². The first-order chi connectivity index (χ1) is 13.3. The van der Waals surface area contributed by atoms with Crippen LogP contribution in [0.3, 0.4) is 0 Å². The van der Waals surface area contributed by atoms with Crippen molar-refractivity contribution in [2.24, 2.45) is 11.8 Å². The van der Waals surface area contributed by atoms with E-state index >= 15 is 0 Å². The van der Waals surface area contributed by atoms with Crippen molar-refractivity contribution in [2.45, 2.75) is 88.3 Å². The van der Waals surface area contributed by atoms with Crippen molar-refractivity contribution in [3.05, 3.63) is 35.4 Å². The lowest BCUT2D eigenvalue weighted by Crippen LogP contribution is -2.28. The molecule has 1 aromatic carbocycles. The van der Waals surface area contributed by atoms with E-state index in [-0.39, 0.29) is 13.3 Å². The molecule has 0 spiro atoms. The number of benzene rings is 1. The number of hydrogen-bond acceptors (Lipinski definition) is 0. The number of hydrogen-bond donors (Lipinski definition) is 0. The van der Waals surface area contributed by atoms with Crippen molar-refractivity contribution in [1.82, 2.24) is 0 Å². The third kappa shape index (κ3) is 6.41. The summed E-state index contributed by atoms with van der Waals surface area (Å²) in [6.45, 7) is -0.293. The molecule has 0 nitrogen and oxygen atoms in total. The van der Waals surface area contributed by atoms with Crippen molar-refractivity contribution in [1.29, 1.82) is 0 Å². The van der Waals surface area contributed by atoms with Crippen molar-refractivity contribution < 1.29 is 8.78 Å². The molecule has 0 unspecified atom stereocenters. The molecule has 1 saturated carbocycles. The fourth-order valence-electron chi connectivity index (χ4n) is 5.62. The molecule has 2 fully saturated rings. The number of alkyl halides is 2. The minimum absolute atomic E-state index is 0.102. The van der Waals surface area contributed by atoms with E-state index < -0.39 is 8.80 Å². The Bertz CT molecular complexity index is 514. The summed E-state index contributed by atoms with van der Waals surface area (Å²) in [5.41, 5.74) is 2.87. The van der Waals surface area contributed by atoms with E-state index in [1.807, 2.05) is 0 Å². The van der Waals surface area contributed by atoms with Crippen molar-refractivity contribution in [3.8, 4) is 0 Å². The van der Waals surface area contributed by atoms with Crippen molar-refractivity contribution >= 4 is 8.80 Å². The number of unbranched alkanes of at least 4 members (excludes halogenated alkanes) is 1. The molecule has 0 bridgehead atoms. The number of halogens is 2. The molecule has 2 aliphatic rings. The molecular weight excluding hydrogens is 354 g/mol. The first-order valence-corrected chi connectivity index (χ1v) is 14.0. The van der Waals surface area contributed by atoms with Crippen LogP contribution in [0, 0.1) is 11.8 Å². The molecular formula is C24H38F2Si. The standard InChI is InChI=1S/C24H38F2Si/c25-15-2-1-4-20-5-7-21(8-6-20)22-9-11-23(12-10-22)24-13-18-27(19-14-24)17-3-16-26/h5-8,22-24,27H,1-4,9-19H2. The highest BCUT2D eigenvalue weighted by Crippen LogP contribution is 2.43. The monoisotopic (exact) mass is 392 g/mol. The lowest BCUT2D eigenvalue weighted by molar-refractivity contribution is 0.216. The van der Waals surface area contributed by atoms with Gasteiger partial charge in [-0.3, -0.25) is 8.78 Å². The highest BCUT2D eigenvalue weighted by Gasteiger charge is 2.31. The molecule has 0 atom stereocenters. The van der Waals surface area contributed by atoms with Crippen LogP contribution in [-0.2, 0) is 6.42 Å². The normalized spacial score (nSPS) is 29.0. The Hall–Kier alpha value is -0.703. The lowest BCUT2D eigenvalue weighted by atomic mass is 9.72.